The molecule has 39 heavy (non-hydrogen) atoms. The Morgan fingerprint density at radius 3 is 2.62 bits per heavy atom. The summed E-state index contributed by atoms with van der Waals surface area (Å²) in [6.45, 7) is 6.93. The Bertz CT molecular complexity index is 1410. The van der Waals surface area contributed by atoms with E-state index in [0.717, 1.165) is 59.6 Å². The number of Topliss-reactive ketones (excluding diaryl/α,β-unsaturated/α-hetero) is 1. The van der Waals surface area contributed by atoms with Crippen LogP contribution in [-0.4, -0.2) is 48.7 Å². The Kier molecular flexibility index (Phi) is 7.74. The lowest BCUT2D eigenvalue weighted by Gasteiger charge is -2.28. The first kappa shape index (κ1) is 26.6. The van der Waals surface area contributed by atoms with Gasteiger partial charge in [-0.25, -0.2) is 0 Å². The van der Waals surface area contributed by atoms with E-state index in [1.165, 1.54) is 0 Å². The molecule has 1 saturated heterocycles. The number of benzene rings is 2. The fraction of sp³-hybridized carbons (Fsp3) is 0.355. The number of nitrogens with two attached hydrogens (primary N) is 1. The molecule has 1 aromatic heterocycles. The second-order valence-corrected chi connectivity index (χ2v) is 10.6. The Hall–Kier alpha value is -4.04. The number of rotatable bonds is 9. The molecular weight excluding hydrogens is 490 g/mol. The van der Waals surface area contributed by atoms with Crippen molar-refractivity contribution in [1.82, 2.24) is 4.98 Å². The van der Waals surface area contributed by atoms with Crippen molar-refractivity contribution < 1.29 is 14.3 Å². The summed E-state index contributed by atoms with van der Waals surface area (Å²) in [4.78, 5) is 32.4. The largest absolute Gasteiger partial charge is 0.398 e. The molecule has 0 radical (unpaired) electrons. The van der Waals surface area contributed by atoms with Crippen LogP contribution in [0, 0.1) is 18.3 Å². The van der Waals surface area contributed by atoms with Gasteiger partial charge in [-0.05, 0) is 61.1 Å². The Morgan fingerprint density at radius 1 is 1.10 bits per heavy atom. The van der Waals surface area contributed by atoms with Gasteiger partial charge in [-0.2, -0.15) is 0 Å². The van der Waals surface area contributed by atoms with Crippen molar-refractivity contribution >= 4 is 34.5 Å². The third kappa shape index (κ3) is 6.17. The second-order valence-electron chi connectivity index (χ2n) is 10.6. The predicted octanol–water partition coefficient (Wildman–Crippen LogP) is 4.96. The first-order valence-corrected chi connectivity index (χ1v) is 13.5. The van der Waals surface area contributed by atoms with Crippen LogP contribution >= 0.6 is 0 Å². The number of aryl methyl sites for hydroxylation is 1. The summed E-state index contributed by atoms with van der Waals surface area (Å²) >= 11 is 0. The number of hydrogen-bond acceptors (Lipinski definition) is 7. The highest BCUT2D eigenvalue weighted by atomic mass is 16.5. The highest BCUT2D eigenvalue weighted by Crippen LogP contribution is 2.34. The second kappa shape index (κ2) is 11.4. The SMILES string of the molecule is Cc1ccc(NC(=O)C2CC2)c([C@@H](C)CC(=O)C(=N)c2cc(-c3cncc(N4CCOCC4)c3)ccc2N)c1. The van der Waals surface area contributed by atoms with Gasteiger partial charge in [-0.1, -0.05) is 30.7 Å². The Balaban J connectivity index is 1.33. The molecule has 0 bridgehead atoms. The maximum Gasteiger partial charge on any atom is 0.227 e. The number of carbonyl (C=O) groups excluding carboxylic acids is 2. The number of nitrogens with zero attached hydrogens (tertiary/aromatic N) is 2. The Morgan fingerprint density at radius 2 is 1.87 bits per heavy atom. The van der Waals surface area contributed by atoms with E-state index >= 15 is 0 Å². The monoisotopic (exact) mass is 525 g/mol. The zero-order valence-electron chi connectivity index (χ0n) is 22.5. The van der Waals surface area contributed by atoms with Crippen molar-refractivity contribution in [3.05, 3.63) is 71.5 Å². The van der Waals surface area contributed by atoms with Crippen molar-refractivity contribution in [2.75, 3.05) is 42.3 Å². The quantitative estimate of drug-likeness (QED) is 0.268. The van der Waals surface area contributed by atoms with Crippen molar-refractivity contribution in [3.8, 4) is 11.1 Å². The molecule has 2 aliphatic rings. The van der Waals surface area contributed by atoms with E-state index < -0.39 is 0 Å². The van der Waals surface area contributed by atoms with Crippen molar-refractivity contribution in [1.29, 1.82) is 5.41 Å². The topological polar surface area (TPSA) is 121 Å². The zero-order chi connectivity index (χ0) is 27.5. The molecule has 1 atom stereocenters. The number of aromatic nitrogens is 1. The molecule has 5 rings (SSSR count). The van der Waals surface area contributed by atoms with Crippen molar-refractivity contribution in [2.45, 2.75) is 39.0 Å². The first-order valence-electron chi connectivity index (χ1n) is 13.5. The minimum absolute atomic E-state index is 0.0307. The van der Waals surface area contributed by atoms with Gasteiger partial charge in [0, 0.05) is 54.1 Å². The van der Waals surface area contributed by atoms with Gasteiger partial charge in [0.2, 0.25) is 5.91 Å². The van der Waals surface area contributed by atoms with Crippen LogP contribution in [0.1, 0.15) is 48.8 Å². The van der Waals surface area contributed by atoms with E-state index in [4.69, 9.17) is 15.9 Å². The van der Waals surface area contributed by atoms with Gasteiger partial charge in [-0.15, -0.1) is 0 Å². The lowest BCUT2D eigenvalue weighted by molar-refractivity contribution is -0.117. The molecule has 2 aromatic carbocycles. The maximum atomic E-state index is 13.3. The smallest absolute Gasteiger partial charge is 0.227 e. The summed E-state index contributed by atoms with van der Waals surface area (Å²) in [6, 6.07) is 13.4. The molecule has 2 fully saturated rings. The van der Waals surface area contributed by atoms with Gasteiger partial charge in [0.25, 0.3) is 0 Å². The van der Waals surface area contributed by atoms with Crippen LogP contribution in [0.25, 0.3) is 11.1 Å². The number of hydrogen-bond donors (Lipinski definition) is 3. The minimum atomic E-state index is -0.299. The van der Waals surface area contributed by atoms with E-state index in [-0.39, 0.29) is 35.7 Å². The van der Waals surface area contributed by atoms with Gasteiger partial charge in [0.1, 0.15) is 5.71 Å². The number of amides is 1. The third-order valence-corrected chi connectivity index (χ3v) is 7.47. The minimum Gasteiger partial charge on any atom is -0.398 e. The highest BCUT2D eigenvalue weighted by Gasteiger charge is 2.30. The van der Waals surface area contributed by atoms with E-state index in [2.05, 4.69) is 21.3 Å². The van der Waals surface area contributed by atoms with Gasteiger partial charge in [-0.3, -0.25) is 20.0 Å². The number of ether oxygens (including phenoxy) is 1. The molecule has 1 aliphatic heterocycles. The molecule has 0 spiro atoms. The van der Waals surface area contributed by atoms with Crippen LogP contribution in [0.4, 0.5) is 17.1 Å². The maximum absolute atomic E-state index is 13.3. The fourth-order valence-corrected chi connectivity index (χ4v) is 4.96. The molecule has 8 heteroatoms. The van der Waals surface area contributed by atoms with Gasteiger partial charge >= 0.3 is 0 Å². The van der Waals surface area contributed by atoms with Gasteiger partial charge in [0.15, 0.2) is 5.78 Å². The summed E-state index contributed by atoms with van der Waals surface area (Å²) in [5, 5.41) is 11.8. The number of anilines is 3. The average Bonchev–Trinajstić information content (AvgIpc) is 3.80. The third-order valence-electron chi connectivity index (χ3n) is 7.47. The van der Waals surface area contributed by atoms with Crippen LogP contribution in [0.3, 0.4) is 0 Å². The number of morpholine rings is 1. The zero-order valence-corrected chi connectivity index (χ0v) is 22.5. The molecule has 3 aromatic rings. The molecule has 0 unspecified atom stereocenters. The van der Waals surface area contributed by atoms with Crippen LogP contribution < -0.4 is 16.0 Å². The van der Waals surface area contributed by atoms with Crippen LogP contribution in [0.15, 0.2) is 54.9 Å². The number of nitrogens with one attached hydrogen (secondary N) is 2. The summed E-state index contributed by atoms with van der Waals surface area (Å²) < 4.78 is 5.46. The van der Waals surface area contributed by atoms with Crippen LogP contribution in [0.5, 0.6) is 0 Å². The summed E-state index contributed by atoms with van der Waals surface area (Å²) in [5.41, 5.74) is 12.4. The molecular formula is C31H35N5O3. The average molecular weight is 526 g/mol. The van der Waals surface area contributed by atoms with Crippen LogP contribution in [0.2, 0.25) is 0 Å². The highest BCUT2D eigenvalue weighted by molar-refractivity contribution is 6.46. The van der Waals surface area contributed by atoms with Crippen LogP contribution in [-0.2, 0) is 14.3 Å². The number of pyridine rings is 1. The standard InChI is InChI=1S/C31H35N5O3/c1-19-3-8-28(35-31(38)21-4-5-21)25(13-19)20(2)14-29(37)30(33)26-16-22(6-7-27(26)32)23-15-24(18-34-17-23)36-9-11-39-12-10-36/h3,6-8,13,15-18,20-21,33H,4-5,9-12,14,32H2,1-2H3,(H,35,38)/t20-/m0/s1. The summed E-state index contributed by atoms with van der Waals surface area (Å²) in [6.07, 6.45) is 5.60. The lowest BCUT2D eigenvalue weighted by Crippen LogP contribution is -2.36. The Labute approximate surface area is 229 Å². The number of carbonyl (C=O) groups is 2. The van der Waals surface area contributed by atoms with E-state index in [9.17, 15) is 9.59 Å². The summed E-state index contributed by atoms with van der Waals surface area (Å²) in [7, 11) is 0. The number of ketones is 1. The fourth-order valence-electron chi connectivity index (χ4n) is 4.96. The molecule has 1 aliphatic carbocycles. The molecule has 2 heterocycles. The van der Waals surface area contributed by atoms with E-state index in [0.29, 0.717) is 24.5 Å². The van der Waals surface area contributed by atoms with E-state index in [1.807, 2.05) is 44.3 Å². The number of nitrogen functional groups attached to an aromatic ring is 1. The first-order chi connectivity index (χ1) is 18.8. The summed E-state index contributed by atoms with van der Waals surface area (Å²) in [5.74, 6) is -0.369. The molecule has 202 valence electrons. The van der Waals surface area contributed by atoms with E-state index in [1.54, 1.807) is 18.3 Å². The van der Waals surface area contributed by atoms with Gasteiger partial charge < -0.3 is 20.7 Å². The van der Waals surface area contributed by atoms with Crippen molar-refractivity contribution in [3.63, 3.8) is 0 Å². The van der Waals surface area contributed by atoms with Gasteiger partial charge in [0.05, 0.1) is 25.1 Å². The van der Waals surface area contributed by atoms with Crippen molar-refractivity contribution in [2.24, 2.45) is 5.92 Å². The normalized spacial score (nSPS) is 16.0. The molecule has 8 nitrogen and oxygen atoms in total. The predicted molar refractivity (Wildman–Crippen MR) is 155 cm³/mol. The lowest BCUT2D eigenvalue weighted by atomic mass is 9.89. The molecule has 4 N–H and O–H groups in total. The molecule has 1 amide bonds. The molecule has 1 saturated carbocycles.